The Morgan fingerprint density at radius 1 is 1.12 bits per heavy atom. The molecule has 1 aromatic heterocycles. The summed E-state index contributed by atoms with van der Waals surface area (Å²) in [5.74, 6) is 1.29. The van der Waals surface area contributed by atoms with Gasteiger partial charge in [-0.05, 0) is 42.4 Å². The molecule has 0 saturated carbocycles. The first-order chi connectivity index (χ1) is 11.5. The van der Waals surface area contributed by atoms with E-state index in [1.54, 1.807) is 4.68 Å². The Morgan fingerprint density at radius 2 is 1.75 bits per heavy atom. The molecule has 0 amide bonds. The monoisotopic (exact) mass is 410 g/mol. The lowest BCUT2D eigenvalue weighted by Crippen LogP contribution is -2.47. The maximum Gasteiger partial charge on any atom is 0.288 e. The van der Waals surface area contributed by atoms with Gasteiger partial charge in [0, 0.05) is 42.8 Å². The van der Waals surface area contributed by atoms with Gasteiger partial charge >= 0.3 is 0 Å². The van der Waals surface area contributed by atoms with Gasteiger partial charge in [-0.25, -0.2) is 4.68 Å². The quantitative estimate of drug-likeness (QED) is 0.699. The molecule has 1 aliphatic rings. The molecular formula is C17H23BrN4OS. The number of hydrogen-bond donors (Lipinski definition) is 0. The van der Waals surface area contributed by atoms with Crippen molar-refractivity contribution in [1.82, 2.24) is 19.6 Å². The highest BCUT2D eigenvalue weighted by molar-refractivity contribution is 9.10. The molecule has 1 aromatic carbocycles. The molecule has 0 spiro atoms. The van der Waals surface area contributed by atoms with Crippen LogP contribution in [0.3, 0.4) is 0 Å². The van der Waals surface area contributed by atoms with Crippen LogP contribution in [0.2, 0.25) is 0 Å². The van der Waals surface area contributed by atoms with Crippen LogP contribution in [-0.2, 0) is 6.67 Å². The molecule has 24 heavy (non-hydrogen) atoms. The summed E-state index contributed by atoms with van der Waals surface area (Å²) in [5, 5.41) is 4.55. The minimum absolute atomic E-state index is 0.428. The van der Waals surface area contributed by atoms with Crippen molar-refractivity contribution in [3.05, 3.63) is 33.6 Å². The molecular weight excluding hydrogens is 388 g/mol. The van der Waals surface area contributed by atoms with E-state index in [1.165, 1.54) is 6.54 Å². The molecule has 5 nitrogen and oxygen atoms in total. The predicted octanol–water partition coefficient (Wildman–Crippen LogP) is 3.87. The fourth-order valence-corrected chi connectivity index (χ4v) is 3.37. The number of benzene rings is 1. The normalized spacial score (nSPS) is 16.8. The van der Waals surface area contributed by atoms with Crippen LogP contribution in [0.25, 0.3) is 11.5 Å². The average molecular weight is 411 g/mol. The Kier molecular flexibility index (Phi) is 5.86. The molecule has 3 rings (SSSR count). The molecule has 0 bridgehead atoms. The second kappa shape index (κ2) is 7.91. The summed E-state index contributed by atoms with van der Waals surface area (Å²) >= 11 is 8.77. The maximum absolute atomic E-state index is 5.67. The van der Waals surface area contributed by atoms with E-state index in [0.29, 0.717) is 23.3 Å². The molecule has 2 aromatic rings. The highest BCUT2D eigenvalue weighted by atomic mass is 79.9. The zero-order chi connectivity index (χ0) is 17.1. The van der Waals surface area contributed by atoms with Crippen LogP contribution < -0.4 is 0 Å². The van der Waals surface area contributed by atoms with Crippen molar-refractivity contribution in [3.63, 3.8) is 0 Å². The van der Waals surface area contributed by atoms with Gasteiger partial charge in [-0.1, -0.05) is 29.8 Å². The van der Waals surface area contributed by atoms with Gasteiger partial charge in [0.1, 0.15) is 0 Å². The Balaban J connectivity index is 1.62. The average Bonchev–Trinajstić information content (AvgIpc) is 2.90. The largest absolute Gasteiger partial charge is 0.409 e. The van der Waals surface area contributed by atoms with Crippen molar-refractivity contribution < 1.29 is 4.42 Å². The summed E-state index contributed by atoms with van der Waals surface area (Å²) in [6.45, 7) is 10.7. The highest BCUT2D eigenvalue weighted by Crippen LogP contribution is 2.20. The second-order valence-corrected chi connectivity index (χ2v) is 7.90. The SMILES string of the molecule is CC(C)CN1CCN(Cn2nc(-c3ccc(Br)cc3)oc2=S)CC1. The van der Waals surface area contributed by atoms with E-state index in [2.05, 4.69) is 44.7 Å². The molecule has 7 heteroatoms. The molecule has 0 radical (unpaired) electrons. The number of aromatic nitrogens is 2. The van der Waals surface area contributed by atoms with Gasteiger partial charge in [-0.3, -0.25) is 4.90 Å². The summed E-state index contributed by atoms with van der Waals surface area (Å²) in [6.07, 6.45) is 0. The van der Waals surface area contributed by atoms with Crippen molar-refractivity contribution in [2.75, 3.05) is 32.7 Å². The molecule has 1 aliphatic heterocycles. The third-order valence-corrected chi connectivity index (χ3v) is 4.94. The van der Waals surface area contributed by atoms with Crippen LogP contribution in [0.15, 0.2) is 33.2 Å². The molecule has 0 atom stereocenters. The van der Waals surface area contributed by atoms with Crippen LogP contribution in [0.4, 0.5) is 0 Å². The van der Waals surface area contributed by atoms with Gasteiger partial charge in [0.2, 0.25) is 5.89 Å². The van der Waals surface area contributed by atoms with Crippen LogP contribution in [0, 0.1) is 10.8 Å². The standard InChI is InChI=1S/C17H23BrN4OS/c1-13(2)11-20-7-9-21(10-8-20)12-22-17(24)23-16(19-22)14-3-5-15(18)6-4-14/h3-6,13H,7-12H2,1-2H3. The summed E-state index contributed by atoms with van der Waals surface area (Å²) < 4.78 is 8.48. The van der Waals surface area contributed by atoms with Gasteiger partial charge in [-0.15, -0.1) is 5.10 Å². The molecule has 1 saturated heterocycles. The van der Waals surface area contributed by atoms with E-state index < -0.39 is 0 Å². The van der Waals surface area contributed by atoms with Gasteiger partial charge in [0.05, 0.1) is 6.67 Å². The molecule has 1 fully saturated rings. The van der Waals surface area contributed by atoms with Crippen LogP contribution in [0.5, 0.6) is 0 Å². The number of piperazine rings is 1. The summed E-state index contributed by atoms with van der Waals surface area (Å²) in [6, 6.07) is 7.89. The Morgan fingerprint density at radius 3 is 2.38 bits per heavy atom. The Bertz CT molecular complexity index is 717. The van der Waals surface area contributed by atoms with E-state index in [-0.39, 0.29) is 0 Å². The van der Waals surface area contributed by atoms with Gasteiger partial charge in [0.15, 0.2) is 0 Å². The lowest BCUT2D eigenvalue weighted by molar-refractivity contribution is 0.0944. The third-order valence-electron chi connectivity index (χ3n) is 4.12. The minimum atomic E-state index is 0.428. The fraction of sp³-hybridized carbons (Fsp3) is 0.529. The first-order valence-corrected chi connectivity index (χ1v) is 9.50. The minimum Gasteiger partial charge on any atom is -0.409 e. The van der Waals surface area contributed by atoms with E-state index in [0.717, 1.165) is 36.2 Å². The maximum atomic E-state index is 5.67. The van der Waals surface area contributed by atoms with Crippen molar-refractivity contribution in [2.45, 2.75) is 20.5 Å². The van der Waals surface area contributed by atoms with Crippen LogP contribution in [0.1, 0.15) is 13.8 Å². The van der Waals surface area contributed by atoms with Gasteiger partial charge in [-0.2, -0.15) is 0 Å². The summed E-state index contributed by atoms with van der Waals surface area (Å²) in [7, 11) is 0. The number of hydrogen-bond acceptors (Lipinski definition) is 5. The third kappa shape index (κ3) is 4.53. The van der Waals surface area contributed by atoms with Gasteiger partial charge < -0.3 is 9.32 Å². The lowest BCUT2D eigenvalue weighted by atomic mass is 10.2. The molecule has 0 unspecified atom stereocenters. The van der Waals surface area contributed by atoms with Crippen molar-refractivity contribution >= 4 is 28.1 Å². The first kappa shape index (κ1) is 17.8. The van der Waals surface area contributed by atoms with Crippen LogP contribution in [-0.4, -0.2) is 52.3 Å². The Labute approximate surface area is 156 Å². The van der Waals surface area contributed by atoms with E-state index in [4.69, 9.17) is 16.6 Å². The number of halogens is 1. The van der Waals surface area contributed by atoms with Crippen LogP contribution >= 0.6 is 28.1 Å². The number of nitrogens with zero attached hydrogens (tertiary/aromatic N) is 4. The van der Waals surface area contributed by atoms with Gasteiger partial charge in [0.25, 0.3) is 4.84 Å². The second-order valence-electron chi connectivity index (χ2n) is 6.63. The fourth-order valence-electron chi connectivity index (χ4n) is 2.92. The molecule has 0 aliphatic carbocycles. The van der Waals surface area contributed by atoms with E-state index in [1.807, 2.05) is 24.3 Å². The Hall–Kier alpha value is -1.02. The summed E-state index contributed by atoms with van der Waals surface area (Å²) in [4.78, 5) is 5.33. The number of rotatable bonds is 5. The van der Waals surface area contributed by atoms with E-state index >= 15 is 0 Å². The zero-order valence-corrected chi connectivity index (χ0v) is 16.5. The zero-order valence-electron chi connectivity index (χ0n) is 14.1. The summed E-state index contributed by atoms with van der Waals surface area (Å²) in [5.41, 5.74) is 0.935. The van der Waals surface area contributed by atoms with E-state index in [9.17, 15) is 0 Å². The molecule has 130 valence electrons. The first-order valence-electron chi connectivity index (χ1n) is 8.30. The van der Waals surface area contributed by atoms with Crippen molar-refractivity contribution in [1.29, 1.82) is 0 Å². The highest BCUT2D eigenvalue weighted by Gasteiger charge is 2.19. The topological polar surface area (TPSA) is 37.4 Å². The van der Waals surface area contributed by atoms with Crippen molar-refractivity contribution in [2.24, 2.45) is 5.92 Å². The molecule has 2 heterocycles. The molecule has 0 N–H and O–H groups in total. The predicted molar refractivity (Wildman–Crippen MR) is 101 cm³/mol. The lowest BCUT2D eigenvalue weighted by Gasteiger charge is -2.35. The van der Waals surface area contributed by atoms with Crippen molar-refractivity contribution in [3.8, 4) is 11.5 Å². The smallest absolute Gasteiger partial charge is 0.288 e.